The van der Waals surface area contributed by atoms with Gasteiger partial charge in [0.05, 0.1) is 29.5 Å². The van der Waals surface area contributed by atoms with Crippen molar-refractivity contribution in [3.63, 3.8) is 0 Å². The highest BCUT2D eigenvalue weighted by molar-refractivity contribution is 6.31. The lowest BCUT2D eigenvalue weighted by molar-refractivity contribution is -0.384. The van der Waals surface area contributed by atoms with E-state index in [2.05, 4.69) is 0 Å². The average Bonchev–Trinajstić information content (AvgIpc) is 3.19. The predicted octanol–water partition coefficient (Wildman–Crippen LogP) is 1.05. The smallest absolute Gasteiger partial charge is 0.294 e. The third-order valence-electron chi connectivity index (χ3n) is 4.78. The minimum absolute atomic E-state index is 0.124. The summed E-state index contributed by atoms with van der Waals surface area (Å²) in [4.78, 5) is 37.0. The predicted molar refractivity (Wildman–Crippen MR) is 81.4 cm³/mol. The van der Waals surface area contributed by atoms with Crippen LogP contribution in [0.15, 0.2) is 30.4 Å². The van der Waals surface area contributed by atoms with Crippen LogP contribution in [0.3, 0.4) is 0 Å². The lowest BCUT2D eigenvalue weighted by Crippen LogP contribution is -2.43. The van der Waals surface area contributed by atoms with Gasteiger partial charge in [0, 0.05) is 11.1 Å². The largest absolute Gasteiger partial charge is 0.393 e. The molecule has 3 aliphatic heterocycles. The van der Waals surface area contributed by atoms with Gasteiger partial charge in [-0.3, -0.25) is 19.7 Å². The van der Waals surface area contributed by atoms with Crippen LogP contribution in [0.4, 0.5) is 11.4 Å². The average molecular weight is 351 g/mol. The van der Waals surface area contributed by atoms with Gasteiger partial charge in [-0.05, 0) is 12.1 Å². The van der Waals surface area contributed by atoms with Crippen molar-refractivity contribution in [1.29, 1.82) is 0 Å². The maximum Gasteiger partial charge on any atom is 0.294 e. The van der Waals surface area contributed by atoms with Crippen LogP contribution in [-0.4, -0.2) is 40.2 Å². The number of imide groups is 1. The first kappa shape index (κ1) is 15.3. The molecule has 124 valence electrons. The van der Waals surface area contributed by atoms with Crippen molar-refractivity contribution in [3.8, 4) is 0 Å². The number of halogens is 1. The normalized spacial score (nSPS) is 33.4. The summed E-state index contributed by atoms with van der Waals surface area (Å²) >= 11 is 5.78. The van der Waals surface area contributed by atoms with Crippen LogP contribution in [0.2, 0.25) is 5.02 Å². The van der Waals surface area contributed by atoms with Crippen molar-refractivity contribution in [2.45, 2.75) is 11.7 Å². The van der Waals surface area contributed by atoms with E-state index in [4.69, 9.17) is 16.3 Å². The number of ether oxygens (including phenoxy) is 1. The Hall–Kier alpha value is -2.29. The fourth-order valence-electron chi connectivity index (χ4n) is 3.75. The first-order valence-corrected chi connectivity index (χ1v) is 7.57. The second kappa shape index (κ2) is 4.85. The summed E-state index contributed by atoms with van der Waals surface area (Å²) < 4.78 is 5.61. The SMILES string of the molecule is O=C1[C@@H]2[C@@H]3C=C[C@](CO)(O3)[C@@H]2C(=O)N1c1ccc(Cl)cc1[N+](=O)[O-]. The van der Waals surface area contributed by atoms with Crippen LogP contribution >= 0.6 is 11.6 Å². The first-order valence-electron chi connectivity index (χ1n) is 7.19. The Morgan fingerprint density at radius 3 is 2.79 bits per heavy atom. The molecule has 3 aliphatic rings. The molecule has 8 nitrogen and oxygen atoms in total. The number of carbonyl (C=O) groups excluding carboxylic acids is 2. The van der Waals surface area contributed by atoms with E-state index in [0.717, 1.165) is 11.0 Å². The van der Waals surface area contributed by atoms with Gasteiger partial charge >= 0.3 is 0 Å². The van der Waals surface area contributed by atoms with Crippen LogP contribution in [0.5, 0.6) is 0 Å². The number of fused-ring (bicyclic) bond motifs is 5. The van der Waals surface area contributed by atoms with Crippen molar-refractivity contribution in [2.24, 2.45) is 11.8 Å². The van der Waals surface area contributed by atoms with E-state index >= 15 is 0 Å². The Morgan fingerprint density at radius 2 is 2.12 bits per heavy atom. The maximum absolute atomic E-state index is 12.8. The van der Waals surface area contributed by atoms with Gasteiger partial charge in [0.1, 0.15) is 11.3 Å². The molecule has 0 radical (unpaired) electrons. The van der Waals surface area contributed by atoms with Crippen LogP contribution < -0.4 is 4.90 Å². The number of nitro benzene ring substituents is 1. The van der Waals surface area contributed by atoms with Crippen LogP contribution in [0.25, 0.3) is 0 Å². The number of benzene rings is 1. The van der Waals surface area contributed by atoms with Gasteiger partial charge < -0.3 is 9.84 Å². The molecule has 0 aromatic heterocycles. The number of aliphatic hydroxyl groups is 1. The van der Waals surface area contributed by atoms with E-state index in [1.54, 1.807) is 12.2 Å². The number of carbonyl (C=O) groups is 2. The number of nitrogens with zero attached hydrogens (tertiary/aromatic N) is 2. The van der Waals surface area contributed by atoms with Gasteiger partial charge in [-0.2, -0.15) is 0 Å². The van der Waals surface area contributed by atoms with E-state index in [1.165, 1.54) is 12.1 Å². The van der Waals surface area contributed by atoms with Crippen molar-refractivity contribution < 1.29 is 24.4 Å². The van der Waals surface area contributed by atoms with Crippen LogP contribution in [-0.2, 0) is 14.3 Å². The molecule has 2 saturated heterocycles. The van der Waals surface area contributed by atoms with Gasteiger partial charge in [-0.25, -0.2) is 4.90 Å². The molecular weight excluding hydrogens is 340 g/mol. The second-order valence-corrected chi connectivity index (χ2v) is 6.40. The highest BCUT2D eigenvalue weighted by atomic mass is 35.5. The fourth-order valence-corrected chi connectivity index (χ4v) is 3.92. The zero-order valence-electron chi connectivity index (χ0n) is 12.1. The molecule has 1 N–H and O–H groups in total. The van der Waals surface area contributed by atoms with Crippen molar-refractivity contribution in [3.05, 3.63) is 45.5 Å². The summed E-state index contributed by atoms with van der Waals surface area (Å²) in [7, 11) is 0. The molecule has 4 atom stereocenters. The molecule has 1 aromatic rings. The van der Waals surface area contributed by atoms with Crippen LogP contribution in [0.1, 0.15) is 0 Å². The first-order chi connectivity index (χ1) is 11.4. The lowest BCUT2D eigenvalue weighted by atomic mass is 9.77. The Balaban J connectivity index is 1.82. The summed E-state index contributed by atoms with van der Waals surface area (Å²) in [5.41, 5.74) is -1.79. The molecule has 0 spiro atoms. The van der Waals surface area contributed by atoms with Crippen molar-refractivity contribution in [2.75, 3.05) is 11.5 Å². The Bertz CT molecular complexity index is 824. The zero-order chi connectivity index (χ0) is 17.2. The molecule has 2 bridgehead atoms. The Morgan fingerprint density at radius 1 is 1.38 bits per heavy atom. The summed E-state index contributed by atoms with van der Waals surface area (Å²) in [5, 5.41) is 21.0. The zero-order valence-corrected chi connectivity index (χ0v) is 12.8. The molecular formula is C15H11ClN2O6. The maximum atomic E-state index is 12.8. The highest BCUT2D eigenvalue weighted by Gasteiger charge is 2.68. The minimum Gasteiger partial charge on any atom is -0.393 e. The van der Waals surface area contributed by atoms with Crippen LogP contribution in [0, 0.1) is 22.0 Å². The van der Waals surface area contributed by atoms with Crippen molar-refractivity contribution >= 4 is 34.8 Å². The number of hydrogen-bond donors (Lipinski definition) is 1. The molecule has 9 heteroatoms. The van der Waals surface area contributed by atoms with Gasteiger partial charge in [0.15, 0.2) is 0 Å². The van der Waals surface area contributed by atoms with E-state index in [0.29, 0.717) is 0 Å². The lowest BCUT2D eigenvalue weighted by Gasteiger charge is -2.26. The number of aliphatic hydroxyl groups excluding tert-OH is 1. The number of anilines is 1. The number of hydrogen-bond acceptors (Lipinski definition) is 6. The number of nitro groups is 1. The van der Waals surface area contributed by atoms with E-state index < -0.39 is 52.6 Å². The molecule has 3 heterocycles. The monoisotopic (exact) mass is 350 g/mol. The molecule has 0 aliphatic carbocycles. The number of rotatable bonds is 3. The third-order valence-corrected chi connectivity index (χ3v) is 5.01. The van der Waals surface area contributed by atoms with E-state index in [1.807, 2.05) is 0 Å². The third kappa shape index (κ3) is 1.75. The minimum atomic E-state index is -1.24. The molecule has 1 aromatic carbocycles. The fraction of sp³-hybridized carbons (Fsp3) is 0.333. The topological polar surface area (TPSA) is 110 Å². The standard InChI is InChI=1S/C15H11ClN2O6/c16-7-1-2-8(9(5-7)18(22)23)17-13(20)11-10-3-4-15(6-19,24-10)12(11)14(17)21/h1-5,10-12,19H,6H2/t10-,11+,12-,15+/m0/s1. The molecule has 0 unspecified atom stereocenters. The van der Waals surface area contributed by atoms with E-state index in [-0.39, 0.29) is 10.7 Å². The van der Waals surface area contributed by atoms with E-state index in [9.17, 15) is 24.8 Å². The molecule has 0 saturated carbocycles. The van der Waals surface area contributed by atoms with Crippen molar-refractivity contribution in [1.82, 2.24) is 0 Å². The summed E-state index contributed by atoms with van der Waals surface area (Å²) in [6.07, 6.45) is 2.61. The second-order valence-electron chi connectivity index (χ2n) is 5.96. The Kier molecular flexibility index (Phi) is 3.08. The molecule has 24 heavy (non-hydrogen) atoms. The van der Waals surface area contributed by atoms with Gasteiger partial charge in [-0.1, -0.05) is 23.8 Å². The summed E-state index contributed by atoms with van der Waals surface area (Å²) in [5.74, 6) is -2.86. The molecule has 4 rings (SSSR count). The molecule has 2 amide bonds. The van der Waals surface area contributed by atoms with Gasteiger partial charge in [0.2, 0.25) is 11.8 Å². The number of amides is 2. The Labute approximate surface area is 140 Å². The summed E-state index contributed by atoms with van der Waals surface area (Å²) in [6, 6.07) is 3.75. The molecule has 2 fully saturated rings. The highest BCUT2D eigenvalue weighted by Crippen LogP contribution is 2.53. The van der Waals surface area contributed by atoms with Gasteiger partial charge in [-0.15, -0.1) is 0 Å². The summed E-state index contributed by atoms with van der Waals surface area (Å²) in [6.45, 7) is -0.448. The quantitative estimate of drug-likeness (QED) is 0.377. The van der Waals surface area contributed by atoms with Gasteiger partial charge in [0.25, 0.3) is 5.69 Å².